The molecule has 2 amide bonds. The van der Waals surface area contributed by atoms with E-state index in [0.29, 0.717) is 12.0 Å². The van der Waals surface area contributed by atoms with Crippen LogP contribution in [0.1, 0.15) is 35.1 Å². The van der Waals surface area contributed by atoms with Crippen molar-refractivity contribution in [3.63, 3.8) is 0 Å². The quantitative estimate of drug-likeness (QED) is 0.826. The molecular formula is C23H23F3N2O2. The van der Waals surface area contributed by atoms with Crippen molar-refractivity contribution in [3.8, 4) is 0 Å². The molecule has 2 aromatic carbocycles. The van der Waals surface area contributed by atoms with Crippen LogP contribution in [0.15, 0.2) is 48.5 Å². The van der Waals surface area contributed by atoms with Crippen molar-refractivity contribution in [1.82, 2.24) is 10.2 Å². The first-order chi connectivity index (χ1) is 14.3. The maximum absolute atomic E-state index is 12.9. The Hall–Kier alpha value is -2.83. The van der Waals surface area contributed by atoms with Crippen molar-refractivity contribution in [2.75, 3.05) is 6.54 Å². The topological polar surface area (TPSA) is 49.4 Å². The van der Waals surface area contributed by atoms with E-state index < -0.39 is 11.7 Å². The number of nitrogens with one attached hydrogen (secondary N) is 1. The number of benzene rings is 2. The number of amides is 2. The van der Waals surface area contributed by atoms with Gasteiger partial charge in [0.05, 0.1) is 11.5 Å². The van der Waals surface area contributed by atoms with Crippen LogP contribution >= 0.6 is 0 Å². The lowest BCUT2D eigenvalue weighted by molar-refractivity contribution is -0.139. The highest BCUT2D eigenvalue weighted by molar-refractivity contribution is 5.84. The molecule has 1 atom stereocenters. The van der Waals surface area contributed by atoms with Crippen molar-refractivity contribution < 1.29 is 22.8 Å². The van der Waals surface area contributed by atoms with Gasteiger partial charge in [0.1, 0.15) is 0 Å². The summed E-state index contributed by atoms with van der Waals surface area (Å²) in [5.74, 6) is -0.573. The van der Waals surface area contributed by atoms with Crippen molar-refractivity contribution >= 4 is 11.8 Å². The first kappa shape index (κ1) is 20.4. The van der Waals surface area contributed by atoms with E-state index in [-0.39, 0.29) is 43.3 Å². The van der Waals surface area contributed by atoms with E-state index in [2.05, 4.69) is 17.4 Å². The lowest BCUT2D eigenvalue weighted by Crippen LogP contribution is -2.47. The fourth-order valence-electron chi connectivity index (χ4n) is 4.33. The van der Waals surface area contributed by atoms with E-state index >= 15 is 0 Å². The lowest BCUT2D eigenvalue weighted by Gasteiger charge is -2.32. The molecule has 1 N–H and O–H groups in total. The van der Waals surface area contributed by atoms with E-state index in [0.717, 1.165) is 25.0 Å². The van der Waals surface area contributed by atoms with Crippen LogP contribution in [-0.4, -0.2) is 29.3 Å². The second-order valence-electron chi connectivity index (χ2n) is 8.09. The van der Waals surface area contributed by atoms with Crippen LogP contribution in [-0.2, 0) is 35.2 Å². The van der Waals surface area contributed by atoms with Gasteiger partial charge in [-0.2, -0.15) is 13.2 Å². The Morgan fingerprint density at radius 2 is 1.77 bits per heavy atom. The van der Waals surface area contributed by atoms with E-state index in [1.807, 2.05) is 12.1 Å². The van der Waals surface area contributed by atoms with Crippen LogP contribution < -0.4 is 5.32 Å². The fourth-order valence-corrected chi connectivity index (χ4v) is 4.33. The van der Waals surface area contributed by atoms with Crippen LogP contribution in [0.2, 0.25) is 0 Å². The van der Waals surface area contributed by atoms with Gasteiger partial charge in [0.2, 0.25) is 11.8 Å². The van der Waals surface area contributed by atoms with Crippen molar-refractivity contribution in [1.29, 1.82) is 0 Å². The summed E-state index contributed by atoms with van der Waals surface area (Å²) >= 11 is 0. The number of nitrogens with zero attached hydrogens (tertiary/aromatic N) is 1. The summed E-state index contributed by atoms with van der Waals surface area (Å²) in [6, 6.07) is 13.1. The normalized spacial score (nSPS) is 19.6. The van der Waals surface area contributed by atoms with Crippen molar-refractivity contribution in [2.45, 2.75) is 44.4 Å². The summed E-state index contributed by atoms with van der Waals surface area (Å²) in [5.41, 5.74) is 2.16. The van der Waals surface area contributed by atoms with Crippen LogP contribution in [0, 0.1) is 5.92 Å². The van der Waals surface area contributed by atoms with Gasteiger partial charge in [-0.15, -0.1) is 0 Å². The highest BCUT2D eigenvalue weighted by atomic mass is 19.4. The van der Waals surface area contributed by atoms with Crippen LogP contribution in [0.3, 0.4) is 0 Å². The summed E-state index contributed by atoms with van der Waals surface area (Å²) in [6.07, 6.45) is -2.16. The molecule has 0 saturated carbocycles. The third kappa shape index (κ3) is 4.50. The third-order valence-corrected chi connectivity index (χ3v) is 5.90. The van der Waals surface area contributed by atoms with Gasteiger partial charge in [-0.1, -0.05) is 36.4 Å². The molecule has 158 valence electrons. The second-order valence-corrected chi connectivity index (χ2v) is 8.09. The van der Waals surface area contributed by atoms with Crippen molar-refractivity contribution in [2.24, 2.45) is 5.92 Å². The summed E-state index contributed by atoms with van der Waals surface area (Å²) in [4.78, 5) is 26.6. The Labute approximate surface area is 173 Å². The van der Waals surface area contributed by atoms with Gasteiger partial charge in [0.25, 0.3) is 0 Å². The van der Waals surface area contributed by atoms with Crippen LogP contribution in [0.25, 0.3) is 0 Å². The molecule has 30 heavy (non-hydrogen) atoms. The predicted molar refractivity (Wildman–Crippen MR) is 105 cm³/mol. The van der Waals surface area contributed by atoms with E-state index in [1.54, 1.807) is 6.07 Å². The van der Waals surface area contributed by atoms with Gasteiger partial charge >= 0.3 is 6.18 Å². The van der Waals surface area contributed by atoms with Crippen LogP contribution in [0.4, 0.5) is 13.2 Å². The van der Waals surface area contributed by atoms with Gasteiger partial charge < -0.3 is 10.2 Å². The largest absolute Gasteiger partial charge is 0.416 e. The minimum Gasteiger partial charge on any atom is -0.352 e. The highest BCUT2D eigenvalue weighted by Gasteiger charge is 2.33. The summed E-state index contributed by atoms with van der Waals surface area (Å²) < 4.78 is 38.8. The number of likely N-dealkylation sites (tertiary alicyclic amines) is 1. The molecule has 1 unspecified atom stereocenters. The van der Waals surface area contributed by atoms with Crippen LogP contribution in [0.5, 0.6) is 0 Å². The number of hydrogen-bond donors (Lipinski definition) is 1. The molecular weight excluding hydrogens is 393 g/mol. The smallest absolute Gasteiger partial charge is 0.352 e. The van der Waals surface area contributed by atoms with E-state index in [9.17, 15) is 22.8 Å². The van der Waals surface area contributed by atoms with E-state index in [1.165, 1.54) is 22.1 Å². The van der Waals surface area contributed by atoms with Gasteiger partial charge in [0.15, 0.2) is 0 Å². The Morgan fingerprint density at radius 3 is 2.43 bits per heavy atom. The molecule has 1 saturated heterocycles. The Balaban J connectivity index is 1.38. The lowest BCUT2D eigenvalue weighted by atomic mass is 9.95. The molecule has 1 aliphatic carbocycles. The van der Waals surface area contributed by atoms with Gasteiger partial charge in [-0.3, -0.25) is 9.59 Å². The minimum absolute atomic E-state index is 0.0458. The van der Waals surface area contributed by atoms with E-state index in [4.69, 9.17) is 0 Å². The zero-order valence-electron chi connectivity index (χ0n) is 16.4. The number of halogens is 3. The first-order valence-electron chi connectivity index (χ1n) is 10.1. The molecule has 7 heteroatoms. The number of carbonyl (C=O) groups excluding carboxylic acids is 2. The zero-order chi connectivity index (χ0) is 21.3. The number of carbonyl (C=O) groups is 2. The molecule has 0 radical (unpaired) electrons. The Kier molecular flexibility index (Phi) is 5.54. The number of hydrogen-bond acceptors (Lipinski definition) is 2. The molecule has 4 nitrogen and oxygen atoms in total. The maximum Gasteiger partial charge on any atom is 0.416 e. The molecule has 0 aromatic heterocycles. The average Bonchev–Trinajstić information content (AvgIpc) is 3.11. The third-order valence-electron chi connectivity index (χ3n) is 5.90. The highest BCUT2D eigenvalue weighted by Crippen LogP contribution is 2.30. The molecule has 1 fully saturated rings. The standard InChI is InChI=1S/C23H23F3N2O2/c24-23(25,26)19-7-3-4-15(10-19)13-28-14-18(8-9-21(28)29)22(30)27-20-11-16-5-1-2-6-17(16)12-20/h1-7,10,18,20H,8-9,11-14H2,(H,27,30). The van der Waals surface area contributed by atoms with Crippen molar-refractivity contribution in [3.05, 3.63) is 70.8 Å². The van der Waals surface area contributed by atoms with Gasteiger partial charge in [0, 0.05) is 25.6 Å². The van der Waals surface area contributed by atoms with Gasteiger partial charge in [-0.25, -0.2) is 0 Å². The second kappa shape index (κ2) is 8.13. The molecule has 0 bridgehead atoms. The fraction of sp³-hybridized carbons (Fsp3) is 0.391. The zero-order valence-corrected chi connectivity index (χ0v) is 16.4. The summed E-state index contributed by atoms with van der Waals surface area (Å²) in [5, 5.41) is 3.10. The maximum atomic E-state index is 12.9. The molecule has 2 aromatic rings. The molecule has 2 aliphatic rings. The number of piperidine rings is 1. The molecule has 0 spiro atoms. The predicted octanol–water partition coefficient (Wildman–Crippen LogP) is 3.73. The Bertz CT molecular complexity index is 932. The monoisotopic (exact) mass is 416 g/mol. The number of rotatable bonds is 4. The first-order valence-corrected chi connectivity index (χ1v) is 10.1. The minimum atomic E-state index is -4.43. The number of fused-ring (bicyclic) bond motifs is 1. The molecule has 1 heterocycles. The SMILES string of the molecule is O=C(NC1Cc2ccccc2C1)C1CCC(=O)N(Cc2cccc(C(F)(F)F)c2)C1. The summed E-state index contributed by atoms with van der Waals surface area (Å²) in [7, 11) is 0. The number of alkyl halides is 3. The molecule has 4 rings (SSSR count). The average molecular weight is 416 g/mol. The Morgan fingerprint density at radius 1 is 1.07 bits per heavy atom. The molecule has 1 aliphatic heterocycles. The van der Waals surface area contributed by atoms with Gasteiger partial charge in [-0.05, 0) is 48.1 Å². The summed E-state index contributed by atoms with van der Waals surface area (Å²) in [6.45, 7) is 0.294.